The van der Waals surface area contributed by atoms with Crippen molar-refractivity contribution in [1.82, 2.24) is 0 Å². The van der Waals surface area contributed by atoms with Gasteiger partial charge in [0.15, 0.2) is 0 Å². The number of nitrogen functional groups attached to an aromatic ring is 1. The summed E-state index contributed by atoms with van der Waals surface area (Å²) in [5, 5.41) is 0. The molecule has 0 aliphatic carbocycles. The largest absolute Gasteiger partial charge is 0.495 e. The minimum Gasteiger partial charge on any atom is -0.495 e. The number of nitrogens with two attached hydrogens (primary N) is 1. The first-order valence-electron chi connectivity index (χ1n) is 5.85. The lowest BCUT2D eigenvalue weighted by Gasteiger charge is -2.17. The molecule has 102 valence electrons. The molecule has 1 rings (SSSR count). The summed E-state index contributed by atoms with van der Waals surface area (Å²) in [7, 11) is -1.54. The fourth-order valence-electron chi connectivity index (χ4n) is 1.60. The van der Waals surface area contributed by atoms with Gasteiger partial charge in [-0.1, -0.05) is 6.07 Å². The van der Waals surface area contributed by atoms with Gasteiger partial charge in [-0.25, -0.2) is 0 Å². The fourth-order valence-corrected chi connectivity index (χ4v) is 3.29. The third-order valence-corrected chi connectivity index (χ3v) is 4.38. The molecule has 0 saturated carbocycles. The number of hydrogen-bond donors (Lipinski definition) is 1. The number of ether oxygens (including phenoxy) is 1. The minimum absolute atomic E-state index is 0.214. The first kappa shape index (κ1) is 15.0. The van der Waals surface area contributed by atoms with Crippen LogP contribution in [0.3, 0.4) is 0 Å². The van der Waals surface area contributed by atoms with Gasteiger partial charge in [0.1, 0.15) is 5.75 Å². The Morgan fingerprint density at radius 2 is 1.83 bits per heavy atom. The van der Waals surface area contributed by atoms with Crippen LogP contribution in [0.1, 0.15) is 19.4 Å². The van der Waals surface area contributed by atoms with Crippen LogP contribution in [-0.2, 0) is 19.8 Å². The maximum Gasteiger partial charge on any atom is 0.335 e. The summed E-state index contributed by atoms with van der Waals surface area (Å²) in [6.45, 7) is 4.28. The van der Waals surface area contributed by atoms with Crippen LogP contribution < -0.4 is 10.5 Å². The van der Waals surface area contributed by atoms with Crippen molar-refractivity contribution in [2.24, 2.45) is 0 Å². The smallest absolute Gasteiger partial charge is 0.335 e. The van der Waals surface area contributed by atoms with Gasteiger partial charge < -0.3 is 19.5 Å². The first-order chi connectivity index (χ1) is 8.54. The van der Waals surface area contributed by atoms with Gasteiger partial charge in [0.05, 0.1) is 32.2 Å². The molecule has 0 aromatic heterocycles. The van der Waals surface area contributed by atoms with Gasteiger partial charge in [-0.2, -0.15) is 0 Å². The highest BCUT2D eigenvalue weighted by atomic mass is 31.2. The Hall–Kier alpha value is -1.03. The van der Waals surface area contributed by atoms with E-state index in [1.54, 1.807) is 39.2 Å². The summed E-state index contributed by atoms with van der Waals surface area (Å²) in [6, 6.07) is 5.26. The molecule has 0 radical (unpaired) electrons. The molecule has 0 fully saturated rings. The van der Waals surface area contributed by atoms with E-state index in [0.717, 1.165) is 5.56 Å². The monoisotopic (exact) mass is 273 g/mol. The zero-order chi connectivity index (χ0) is 13.6. The summed E-state index contributed by atoms with van der Waals surface area (Å²) < 4.78 is 28.0. The number of hydrogen-bond acceptors (Lipinski definition) is 5. The summed E-state index contributed by atoms with van der Waals surface area (Å²) in [5.41, 5.74) is 7.08. The Morgan fingerprint density at radius 1 is 1.22 bits per heavy atom. The van der Waals surface area contributed by atoms with E-state index in [1.165, 1.54) is 0 Å². The SMILES string of the molecule is CCOP(=O)(Cc1ccc(N)c(OC)c1)OCC. The van der Waals surface area contributed by atoms with Gasteiger partial charge >= 0.3 is 7.60 Å². The number of rotatable bonds is 7. The van der Waals surface area contributed by atoms with Crippen LogP contribution in [0.2, 0.25) is 0 Å². The lowest BCUT2D eigenvalue weighted by atomic mass is 10.2. The van der Waals surface area contributed by atoms with E-state index < -0.39 is 7.60 Å². The molecule has 0 heterocycles. The van der Waals surface area contributed by atoms with Gasteiger partial charge in [0.2, 0.25) is 0 Å². The highest BCUT2D eigenvalue weighted by Gasteiger charge is 2.24. The van der Waals surface area contributed by atoms with Crippen LogP contribution in [0.15, 0.2) is 18.2 Å². The van der Waals surface area contributed by atoms with E-state index in [1.807, 2.05) is 0 Å². The molecule has 0 atom stereocenters. The van der Waals surface area contributed by atoms with Crippen molar-refractivity contribution >= 4 is 13.3 Å². The molecule has 0 aliphatic rings. The van der Waals surface area contributed by atoms with Crippen LogP contribution in [0.25, 0.3) is 0 Å². The molecule has 6 heteroatoms. The molecular weight excluding hydrogens is 253 g/mol. The van der Waals surface area contributed by atoms with Crippen molar-refractivity contribution in [2.45, 2.75) is 20.0 Å². The molecule has 18 heavy (non-hydrogen) atoms. The summed E-state index contributed by atoms with van der Waals surface area (Å²) >= 11 is 0. The van der Waals surface area contributed by atoms with Crippen LogP contribution >= 0.6 is 7.60 Å². The van der Waals surface area contributed by atoms with Crippen molar-refractivity contribution < 1.29 is 18.3 Å². The van der Waals surface area contributed by atoms with E-state index in [-0.39, 0.29) is 6.16 Å². The topological polar surface area (TPSA) is 70.8 Å². The second kappa shape index (κ2) is 6.78. The highest BCUT2D eigenvalue weighted by Crippen LogP contribution is 2.51. The zero-order valence-electron chi connectivity index (χ0n) is 11.0. The fraction of sp³-hybridized carbons (Fsp3) is 0.500. The van der Waals surface area contributed by atoms with Crippen LogP contribution in [0.5, 0.6) is 5.75 Å². The van der Waals surface area contributed by atoms with E-state index in [0.29, 0.717) is 24.7 Å². The van der Waals surface area contributed by atoms with Crippen molar-refractivity contribution in [3.63, 3.8) is 0 Å². The third-order valence-electron chi connectivity index (χ3n) is 2.33. The molecule has 0 saturated heterocycles. The molecule has 0 bridgehead atoms. The maximum absolute atomic E-state index is 12.4. The molecule has 1 aromatic carbocycles. The number of benzene rings is 1. The van der Waals surface area contributed by atoms with Crippen molar-refractivity contribution in [1.29, 1.82) is 0 Å². The zero-order valence-corrected chi connectivity index (χ0v) is 11.9. The van der Waals surface area contributed by atoms with Gasteiger partial charge in [-0.05, 0) is 31.5 Å². The van der Waals surface area contributed by atoms with Crippen LogP contribution in [0.4, 0.5) is 5.69 Å². The van der Waals surface area contributed by atoms with Gasteiger partial charge in [-0.3, -0.25) is 4.57 Å². The standard InChI is InChI=1S/C12H20NO4P/c1-4-16-18(14,17-5-2)9-10-6-7-11(13)12(8-10)15-3/h6-8H,4-5,9,13H2,1-3H3. The van der Waals surface area contributed by atoms with E-state index >= 15 is 0 Å². The predicted octanol–water partition coefficient (Wildman–Crippen LogP) is 3.04. The minimum atomic E-state index is -3.08. The van der Waals surface area contributed by atoms with Crippen LogP contribution in [-0.4, -0.2) is 20.3 Å². The van der Waals surface area contributed by atoms with E-state index in [2.05, 4.69) is 0 Å². The molecule has 0 aliphatic heterocycles. The molecule has 1 aromatic rings. The Bertz CT molecular complexity index is 426. The quantitative estimate of drug-likeness (QED) is 0.610. The Balaban J connectivity index is 2.90. The average Bonchev–Trinajstić information content (AvgIpc) is 2.32. The highest BCUT2D eigenvalue weighted by molar-refractivity contribution is 7.53. The third kappa shape index (κ3) is 4.02. The second-order valence-corrected chi connectivity index (χ2v) is 5.74. The van der Waals surface area contributed by atoms with E-state index in [9.17, 15) is 4.57 Å². The molecule has 5 nitrogen and oxygen atoms in total. The summed E-state index contributed by atoms with van der Waals surface area (Å²) in [6.07, 6.45) is 0.214. The first-order valence-corrected chi connectivity index (χ1v) is 7.58. The average molecular weight is 273 g/mol. The second-order valence-electron chi connectivity index (χ2n) is 3.68. The Kier molecular flexibility index (Phi) is 5.66. The Labute approximate surface area is 108 Å². The molecule has 2 N–H and O–H groups in total. The Morgan fingerprint density at radius 3 is 2.33 bits per heavy atom. The normalized spacial score (nSPS) is 11.5. The van der Waals surface area contributed by atoms with Crippen LogP contribution in [0, 0.1) is 0 Å². The molecule has 0 spiro atoms. The van der Waals surface area contributed by atoms with Crippen molar-refractivity contribution in [3.05, 3.63) is 23.8 Å². The lowest BCUT2D eigenvalue weighted by molar-refractivity contribution is 0.219. The van der Waals surface area contributed by atoms with Gasteiger partial charge in [-0.15, -0.1) is 0 Å². The van der Waals surface area contributed by atoms with Gasteiger partial charge in [0.25, 0.3) is 0 Å². The lowest BCUT2D eigenvalue weighted by Crippen LogP contribution is -2.00. The molecular formula is C12H20NO4P. The molecule has 0 unspecified atom stereocenters. The van der Waals surface area contributed by atoms with Gasteiger partial charge in [0, 0.05) is 0 Å². The summed E-state index contributed by atoms with van der Waals surface area (Å²) in [5.74, 6) is 0.562. The number of methoxy groups -OCH3 is 1. The number of anilines is 1. The summed E-state index contributed by atoms with van der Waals surface area (Å²) in [4.78, 5) is 0. The van der Waals surface area contributed by atoms with Crippen molar-refractivity contribution in [2.75, 3.05) is 26.1 Å². The van der Waals surface area contributed by atoms with Crippen molar-refractivity contribution in [3.8, 4) is 5.75 Å². The van der Waals surface area contributed by atoms with E-state index in [4.69, 9.17) is 19.5 Å². The molecule has 0 amide bonds. The maximum atomic E-state index is 12.4. The predicted molar refractivity (Wildman–Crippen MR) is 72.0 cm³/mol.